The minimum absolute atomic E-state index is 0.834. The number of para-hydroxylation sites is 1. The van der Waals surface area contributed by atoms with Crippen LogP contribution in [-0.2, 0) is 0 Å². The summed E-state index contributed by atoms with van der Waals surface area (Å²) in [5.74, 6) is 0.834. The normalized spacial score (nSPS) is 11.7. The minimum Gasteiger partial charge on any atom is -0.497 e. The predicted octanol–water partition coefficient (Wildman–Crippen LogP) is 6.88. The second-order valence-corrected chi connectivity index (χ2v) is 7.33. The van der Waals surface area contributed by atoms with Crippen molar-refractivity contribution >= 4 is 39.1 Å². The Bertz CT molecular complexity index is 888. The van der Waals surface area contributed by atoms with Gasteiger partial charge in [0, 0.05) is 14.9 Å². The molecule has 0 aliphatic carbocycles. The highest BCUT2D eigenvalue weighted by molar-refractivity contribution is 9.10. The summed E-state index contributed by atoms with van der Waals surface area (Å²) in [4.78, 5) is 5.98. The van der Waals surface area contributed by atoms with Gasteiger partial charge in [0.25, 0.3) is 0 Å². The second kappa shape index (κ2) is 9.41. The van der Waals surface area contributed by atoms with Crippen LogP contribution in [0.15, 0.2) is 105 Å². The molecule has 0 fully saturated rings. The van der Waals surface area contributed by atoms with Gasteiger partial charge in [0.2, 0.25) is 0 Å². The molecule has 0 aliphatic heterocycles. The molecule has 0 atom stereocenters. The molecule has 0 N–H and O–H groups in total. The quantitative estimate of drug-likeness (QED) is 0.318. The van der Waals surface area contributed by atoms with Crippen LogP contribution in [0.4, 0.5) is 5.69 Å². The van der Waals surface area contributed by atoms with E-state index in [0.29, 0.717) is 0 Å². The number of nitrogens with zero attached hydrogens (tertiary/aromatic N) is 1. The molecule has 130 valence electrons. The van der Waals surface area contributed by atoms with E-state index in [2.05, 4.69) is 33.5 Å². The number of hydrogen-bond donors (Lipinski definition) is 0. The van der Waals surface area contributed by atoms with E-state index in [4.69, 9.17) is 9.73 Å². The van der Waals surface area contributed by atoms with Gasteiger partial charge in [-0.15, -0.1) is 0 Å². The molecule has 0 aromatic heterocycles. The summed E-state index contributed by atoms with van der Waals surface area (Å²) in [5, 5.41) is 2.06. The highest BCUT2D eigenvalue weighted by Crippen LogP contribution is 2.23. The maximum atomic E-state index is 5.25. The maximum absolute atomic E-state index is 5.25. The molecule has 2 nitrogen and oxygen atoms in total. The molecule has 0 heterocycles. The molecule has 0 spiro atoms. The van der Waals surface area contributed by atoms with Gasteiger partial charge < -0.3 is 4.74 Å². The van der Waals surface area contributed by atoms with Crippen LogP contribution >= 0.6 is 27.7 Å². The van der Waals surface area contributed by atoms with Crippen molar-refractivity contribution in [1.82, 2.24) is 0 Å². The Morgan fingerprint density at radius 2 is 1.62 bits per heavy atom. The Kier molecular flexibility index (Phi) is 6.69. The summed E-state index contributed by atoms with van der Waals surface area (Å²) in [7, 11) is 1.67. The van der Waals surface area contributed by atoms with Gasteiger partial charge >= 0.3 is 0 Å². The van der Waals surface area contributed by atoms with Crippen LogP contribution in [0.2, 0.25) is 0 Å². The van der Waals surface area contributed by atoms with Crippen LogP contribution in [-0.4, -0.2) is 12.8 Å². The lowest BCUT2D eigenvalue weighted by molar-refractivity contribution is 0.415. The van der Waals surface area contributed by atoms with Crippen LogP contribution in [0, 0.1) is 0 Å². The van der Waals surface area contributed by atoms with Crippen LogP contribution in [0.25, 0.3) is 0 Å². The van der Waals surface area contributed by atoms with E-state index in [1.165, 1.54) is 4.90 Å². The lowest BCUT2D eigenvalue weighted by Crippen LogP contribution is -1.96. The van der Waals surface area contributed by atoms with Crippen molar-refractivity contribution in [2.45, 2.75) is 4.90 Å². The van der Waals surface area contributed by atoms with Crippen LogP contribution in [0.3, 0.4) is 0 Å². The number of rotatable bonds is 6. The first-order valence-corrected chi connectivity index (χ1v) is 9.79. The number of thioether (sulfide) groups is 1. The lowest BCUT2D eigenvalue weighted by atomic mass is 10.1. The van der Waals surface area contributed by atoms with Crippen molar-refractivity contribution in [2.24, 2.45) is 4.99 Å². The molecular formula is C22H18BrNOS. The number of aliphatic imine (C=N–C) groups is 1. The van der Waals surface area contributed by atoms with E-state index >= 15 is 0 Å². The first-order chi connectivity index (χ1) is 12.7. The van der Waals surface area contributed by atoms with Gasteiger partial charge in [0.15, 0.2) is 0 Å². The topological polar surface area (TPSA) is 21.6 Å². The van der Waals surface area contributed by atoms with Crippen molar-refractivity contribution in [3.63, 3.8) is 0 Å². The number of allylic oxidation sites excluding steroid dienone is 1. The molecule has 0 bridgehead atoms. The molecular weight excluding hydrogens is 406 g/mol. The Balaban J connectivity index is 1.85. The van der Waals surface area contributed by atoms with E-state index < -0.39 is 0 Å². The van der Waals surface area contributed by atoms with Gasteiger partial charge in [-0.05, 0) is 72.1 Å². The van der Waals surface area contributed by atoms with E-state index in [1.54, 1.807) is 18.9 Å². The highest BCUT2D eigenvalue weighted by Gasteiger charge is 2.02. The number of halogens is 1. The fraction of sp³-hybridized carbons (Fsp3) is 0.0455. The van der Waals surface area contributed by atoms with Gasteiger partial charge in [0.1, 0.15) is 5.75 Å². The van der Waals surface area contributed by atoms with E-state index in [9.17, 15) is 0 Å². The molecule has 0 aliphatic rings. The Morgan fingerprint density at radius 1 is 0.923 bits per heavy atom. The average molecular weight is 424 g/mol. The van der Waals surface area contributed by atoms with Crippen LogP contribution < -0.4 is 4.74 Å². The standard InChI is InChI=1S/C22H18BrNOS/c1-25-20-11-7-17(8-12-20)22(24-19-5-3-2-4-6-19)15-16-26-21-13-9-18(23)10-14-21/h2-16H,1H3. The highest BCUT2D eigenvalue weighted by atomic mass is 79.9. The number of methoxy groups -OCH3 is 1. The fourth-order valence-electron chi connectivity index (χ4n) is 2.29. The van der Waals surface area contributed by atoms with Gasteiger partial charge in [-0.1, -0.05) is 45.9 Å². The molecule has 3 rings (SSSR count). The molecule has 0 saturated heterocycles. The summed E-state index contributed by atoms with van der Waals surface area (Å²) in [6.07, 6.45) is 2.04. The predicted molar refractivity (Wildman–Crippen MR) is 115 cm³/mol. The SMILES string of the molecule is COc1ccc(C(C=CSc2ccc(Br)cc2)=Nc2ccccc2)cc1. The Hall–Kier alpha value is -2.30. The lowest BCUT2D eigenvalue weighted by Gasteiger charge is -2.05. The number of benzene rings is 3. The van der Waals surface area contributed by atoms with Crippen molar-refractivity contribution in [3.8, 4) is 5.75 Å². The third-order valence-electron chi connectivity index (χ3n) is 3.64. The van der Waals surface area contributed by atoms with E-state index in [0.717, 1.165) is 27.2 Å². The second-order valence-electron chi connectivity index (χ2n) is 5.44. The summed E-state index contributed by atoms with van der Waals surface area (Å²) >= 11 is 5.12. The van der Waals surface area contributed by atoms with Crippen LogP contribution in [0.5, 0.6) is 5.75 Å². The average Bonchev–Trinajstić information content (AvgIpc) is 2.69. The molecule has 26 heavy (non-hydrogen) atoms. The van der Waals surface area contributed by atoms with Gasteiger partial charge in [-0.3, -0.25) is 0 Å². The smallest absolute Gasteiger partial charge is 0.118 e. The zero-order valence-corrected chi connectivity index (χ0v) is 16.7. The van der Waals surface area contributed by atoms with Crippen molar-refractivity contribution in [1.29, 1.82) is 0 Å². The number of ether oxygens (including phenoxy) is 1. The third-order valence-corrected chi connectivity index (χ3v) is 4.98. The Labute approximate surface area is 166 Å². The van der Waals surface area contributed by atoms with Crippen molar-refractivity contribution in [2.75, 3.05) is 7.11 Å². The van der Waals surface area contributed by atoms with E-state index in [-0.39, 0.29) is 0 Å². The molecule has 0 saturated carbocycles. The maximum Gasteiger partial charge on any atom is 0.118 e. The first-order valence-electron chi connectivity index (χ1n) is 8.11. The molecule has 4 heteroatoms. The number of hydrogen-bond acceptors (Lipinski definition) is 3. The molecule has 3 aromatic carbocycles. The third kappa shape index (κ3) is 5.35. The monoisotopic (exact) mass is 423 g/mol. The summed E-state index contributed by atoms with van der Waals surface area (Å²) < 4.78 is 6.33. The fourth-order valence-corrected chi connectivity index (χ4v) is 3.20. The molecule has 0 amide bonds. The van der Waals surface area contributed by atoms with Crippen molar-refractivity contribution in [3.05, 3.63) is 100 Å². The van der Waals surface area contributed by atoms with Crippen molar-refractivity contribution < 1.29 is 4.74 Å². The Morgan fingerprint density at radius 3 is 2.27 bits per heavy atom. The summed E-state index contributed by atoms with van der Waals surface area (Å²) in [6, 6.07) is 26.2. The first kappa shape index (κ1) is 18.5. The minimum atomic E-state index is 0.834. The van der Waals surface area contributed by atoms with E-state index in [1.807, 2.05) is 72.8 Å². The zero-order chi connectivity index (χ0) is 18.2. The van der Waals surface area contributed by atoms with Gasteiger partial charge in [-0.25, -0.2) is 4.99 Å². The zero-order valence-electron chi connectivity index (χ0n) is 14.3. The molecule has 0 unspecified atom stereocenters. The molecule has 3 aromatic rings. The van der Waals surface area contributed by atoms with Gasteiger partial charge in [-0.2, -0.15) is 0 Å². The summed E-state index contributed by atoms with van der Waals surface area (Å²) in [5.41, 5.74) is 2.88. The van der Waals surface area contributed by atoms with Gasteiger partial charge in [0.05, 0.1) is 18.5 Å². The van der Waals surface area contributed by atoms with Crippen LogP contribution in [0.1, 0.15) is 5.56 Å². The largest absolute Gasteiger partial charge is 0.497 e. The molecule has 0 radical (unpaired) electrons. The summed E-state index contributed by atoms with van der Waals surface area (Å²) in [6.45, 7) is 0.